The Balaban J connectivity index is 2.10. The largest absolute Gasteiger partial charge is 0.507 e. The number of halogens is 1. The molecule has 3 rings (SSSR count). The SMILES string of the molecule is CCC1=C(O)/C(=C/c2ccc(S(C)(=O)=O)cc2)c2cc(F)ccc21. The van der Waals surface area contributed by atoms with Crippen molar-refractivity contribution in [1.29, 1.82) is 0 Å². The van der Waals surface area contributed by atoms with Gasteiger partial charge in [-0.15, -0.1) is 0 Å². The topological polar surface area (TPSA) is 54.4 Å². The molecule has 0 heterocycles. The molecule has 0 atom stereocenters. The highest BCUT2D eigenvalue weighted by molar-refractivity contribution is 7.90. The summed E-state index contributed by atoms with van der Waals surface area (Å²) in [5.74, 6) is -0.220. The molecule has 2 aromatic carbocycles. The zero-order chi connectivity index (χ0) is 17.5. The van der Waals surface area contributed by atoms with Crippen molar-refractivity contribution >= 4 is 27.1 Å². The molecular weight excluding hydrogens is 327 g/mol. The molecule has 3 nitrogen and oxygen atoms in total. The number of fused-ring (bicyclic) bond motifs is 1. The van der Waals surface area contributed by atoms with Crippen LogP contribution in [0.5, 0.6) is 0 Å². The van der Waals surface area contributed by atoms with Gasteiger partial charge in [0.2, 0.25) is 0 Å². The van der Waals surface area contributed by atoms with Crippen LogP contribution in [0.2, 0.25) is 0 Å². The molecule has 0 saturated carbocycles. The van der Waals surface area contributed by atoms with Crippen molar-refractivity contribution in [3.63, 3.8) is 0 Å². The molecule has 0 spiro atoms. The Morgan fingerprint density at radius 3 is 2.33 bits per heavy atom. The van der Waals surface area contributed by atoms with Crippen LogP contribution in [0.25, 0.3) is 17.2 Å². The predicted molar refractivity (Wildman–Crippen MR) is 93.7 cm³/mol. The summed E-state index contributed by atoms with van der Waals surface area (Å²) in [7, 11) is -3.25. The number of aliphatic hydroxyl groups is 1. The van der Waals surface area contributed by atoms with Crippen LogP contribution in [-0.2, 0) is 9.84 Å². The van der Waals surface area contributed by atoms with Crippen molar-refractivity contribution in [2.75, 3.05) is 6.26 Å². The maximum absolute atomic E-state index is 13.6. The molecule has 0 amide bonds. The van der Waals surface area contributed by atoms with Crippen LogP contribution in [0.4, 0.5) is 4.39 Å². The maximum atomic E-state index is 13.6. The first-order chi connectivity index (χ1) is 11.3. The van der Waals surface area contributed by atoms with E-state index in [0.717, 1.165) is 23.0 Å². The highest BCUT2D eigenvalue weighted by Crippen LogP contribution is 2.42. The lowest BCUT2D eigenvalue weighted by atomic mass is 10.0. The number of rotatable bonds is 3. The van der Waals surface area contributed by atoms with E-state index in [1.54, 1.807) is 24.3 Å². The van der Waals surface area contributed by atoms with Gasteiger partial charge in [0.15, 0.2) is 9.84 Å². The van der Waals surface area contributed by atoms with Crippen molar-refractivity contribution in [2.24, 2.45) is 0 Å². The Morgan fingerprint density at radius 1 is 1.08 bits per heavy atom. The van der Waals surface area contributed by atoms with Gasteiger partial charge < -0.3 is 5.11 Å². The zero-order valence-electron chi connectivity index (χ0n) is 13.4. The van der Waals surface area contributed by atoms with Crippen molar-refractivity contribution in [2.45, 2.75) is 18.2 Å². The van der Waals surface area contributed by atoms with E-state index in [4.69, 9.17) is 0 Å². The van der Waals surface area contributed by atoms with Crippen LogP contribution in [0.3, 0.4) is 0 Å². The molecule has 0 radical (unpaired) electrons. The Kier molecular flexibility index (Phi) is 4.05. The summed E-state index contributed by atoms with van der Waals surface area (Å²) in [6.07, 6.45) is 3.52. The van der Waals surface area contributed by atoms with Gasteiger partial charge >= 0.3 is 0 Å². The molecule has 0 bridgehead atoms. The van der Waals surface area contributed by atoms with Crippen molar-refractivity contribution in [3.8, 4) is 0 Å². The van der Waals surface area contributed by atoms with Crippen LogP contribution >= 0.6 is 0 Å². The molecule has 0 saturated heterocycles. The predicted octanol–water partition coefficient (Wildman–Crippen LogP) is 4.46. The summed E-state index contributed by atoms with van der Waals surface area (Å²) in [6, 6.07) is 10.8. The smallest absolute Gasteiger partial charge is 0.175 e. The van der Waals surface area contributed by atoms with E-state index in [1.807, 2.05) is 6.92 Å². The van der Waals surface area contributed by atoms with Gasteiger partial charge in [0.25, 0.3) is 0 Å². The molecule has 0 aliphatic heterocycles. The summed E-state index contributed by atoms with van der Waals surface area (Å²) in [5, 5.41) is 10.5. The fourth-order valence-corrected chi connectivity index (χ4v) is 3.53. The lowest BCUT2D eigenvalue weighted by Crippen LogP contribution is -1.96. The van der Waals surface area contributed by atoms with Gasteiger partial charge in [-0.3, -0.25) is 0 Å². The Morgan fingerprint density at radius 2 is 1.75 bits per heavy atom. The molecule has 0 aromatic heterocycles. The minimum Gasteiger partial charge on any atom is -0.507 e. The third-order valence-corrected chi connectivity index (χ3v) is 5.24. The van der Waals surface area contributed by atoms with Gasteiger partial charge in [-0.25, -0.2) is 12.8 Å². The van der Waals surface area contributed by atoms with Gasteiger partial charge in [0.1, 0.15) is 11.6 Å². The Hall–Kier alpha value is -2.40. The van der Waals surface area contributed by atoms with E-state index < -0.39 is 9.84 Å². The van der Waals surface area contributed by atoms with Gasteiger partial charge in [0.05, 0.1) is 4.90 Å². The van der Waals surface area contributed by atoms with E-state index in [0.29, 0.717) is 17.6 Å². The number of hydrogen-bond acceptors (Lipinski definition) is 3. The summed E-state index contributed by atoms with van der Waals surface area (Å²) in [6.45, 7) is 1.93. The summed E-state index contributed by atoms with van der Waals surface area (Å²) in [4.78, 5) is 0.233. The summed E-state index contributed by atoms with van der Waals surface area (Å²) < 4.78 is 36.7. The normalized spacial score (nSPS) is 15.9. The lowest BCUT2D eigenvalue weighted by Gasteiger charge is -2.04. The third kappa shape index (κ3) is 2.87. The fraction of sp³-hybridized carbons (Fsp3) is 0.158. The Labute approximate surface area is 140 Å². The quantitative estimate of drug-likeness (QED) is 0.894. The lowest BCUT2D eigenvalue weighted by molar-refractivity contribution is 0.441. The number of hydrogen-bond donors (Lipinski definition) is 1. The fourth-order valence-electron chi connectivity index (χ4n) is 2.90. The van der Waals surface area contributed by atoms with E-state index in [9.17, 15) is 17.9 Å². The van der Waals surface area contributed by atoms with E-state index in [-0.39, 0.29) is 16.5 Å². The standard InChI is InChI=1S/C19H17FO3S/c1-3-15-16-9-6-13(20)11-17(16)18(19(15)21)10-12-4-7-14(8-5-12)24(2,22)23/h4-11,21H,3H2,1-2H3/b18-10+. The second-order valence-electron chi connectivity index (χ2n) is 5.77. The van der Waals surface area contributed by atoms with Gasteiger partial charge in [-0.1, -0.05) is 25.1 Å². The minimum absolute atomic E-state index is 0.144. The molecule has 2 aromatic rings. The van der Waals surface area contributed by atoms with Gasteiger partial charge in [0, 0.05) is 17.4 Å². The number of allylic oxidation sites excluding steroid dienone is 2. The molecule has 1 aliphatic carbocycles. The molecule has 124 valence electrons. The highest BCUT2D eigenvalue weighted by Gasteiger charge is 2.25. The maximum Gasteiger partial charge on any atom is 0.175 e. The van der Waals surface area contributed by atoms with Gasteiger partial charge in [-0.05, 0) is 53.5 Å². The molecule has 0 unspecified atom stereocenters. The second-order valence-corrected chi connectivity index (χ2v) is 7.79. The first kappa shape index (κ1) is 16.5. The molecule has 1 aliphatic rings. The molecule has 1 N–H and O–H groups in total. The Bertz CT molecular complexity index is 968. The van der Waals surface area contributed by atoms with Crippen LogP contribution in [0.1, 0.15) is 30.0 Å². The molecular formula is C19H17FO3S. The van der Waals surface area contributed by atoms with E-state index in [2.05, 4.69) is 0 Å². The zero-order valence-corrected chi connectivity index (χ0v) is 14.2. The molecule has 24 heavy (non-hydrogen) atoms. The highest BCUT2D eigenvalue weighted by atomic mass is 32.2. The van der Waals surface area contributed by atoms with Crippen LogP contribution < -0.4 is 0 Å². The van der Waals surface area contributed by atoms with Crippen molar-refractivity contribution in [1.82, 2.24) is 0 Å². The molecule has 0 fully saturated rings. The first-order valence-corrected chi connectivity index (χ1v) is 9.45. The average molecular weight is 344 g/mol. The van der Waals surface area contributed by atoms with E-state index >= 15 is 0 Å². The van der Waals surface area contributed by atoms with Crippen molar-refractivity contribution in [3.05, 3.63) is 70.7 Å². The van der Waals surface area contributed by atoms with Crippen LogP contribution in [0.15, 0.2) is 53.1 Å². The summed E-state index contributed by atoms with van der Waals surface area (Å²) in [5.41, 5.74) is 3.54. The average Bonchev–Trinajstić information content (AvgIpc) is 2.78. The van der Waals surface area contributed by atoms with E-state index in [1.165, 1.54) is 24.3 Å². The monoisotopic (exact) mass is 344 g/mol. The third-order valence-electron chi connectivity index (χ3n) is 4.11. The molecule has 5 heteroatoms. The van der Waals surface area contributed by atoms with Gasteiger partial charge in [-0.2, -0.15) is 0 Å². The minimum atomic E-state index is -3.25. The second kappa shape index (κ2) is 5.91. The summed E-state index contributed by atoms with van der Waals surface area (Å²) >= 11 is 0. The first-order valence-electron chi connectivity index (χ1n) is 7.56. The van der Waals surface area contributed by atoms with Crippen molar-refractivity contribution < 1.29 is 17.9 Å². The number of sulfone groups is 1. The van der Waals surface area contributed by atoms with Crippen LogP contribution in [0, 0.1) is 5.82 Å². The van der Waals surface area contributed by atoms with Crippen LogP contribution in [-0.4, -0.2) is 19.8 Å². The number of benzene rings is 2. The number of aliphatic hydroxyl groups excluding tert-OH is 1.